The zero-order chi connectivity index (χ0) is 25.0. The monoisotopic (exact) mass is 493 g/mol. The van der Waals surface area contributed by atoms with E-state index in [0.717, 1.165) is 90.5 Å². The van der Waals surface area contributed by atoms with Crippen LogP contribution in [0.25, 0.3) is 0 Å². The predicted octanol–water partition coefficient (Wildman–Crippen LogP) is 6.19. The molecule has 2 aliphatic carbocycles. The van der Waals surface area contributed by atoms with Crippen molar-refractivity contribution < 1.29 is 28.1 Å². The molecule has 34 heavy (non-hydrogen) atoms. The second kappa shape index (κ2) is 15.7. The van der Waals surface area contributed by atoms with E-state index in [1.165, 1.54) is 0 Å². The Morgan fingerprint density at radius 1 is 0.882 bits per heavy atom. The van der Waals surface area contributed by atoms with Gasteiger partial charge in [0.25, 0.3) is 0 Å². The normalized spacial score (nSPS) is 33.3. The van der Waals surface area contributed by atoms with Crippen LogP contribution in [0.4, 0.5) is 13.2 Å². The number of halogens is 3. The average Bonchev–Trinajstić information content (AvgIpc) is 2.85. The Morgan fingerprint density at radius 3 is 2.29 bits per heavy atom. The van der Waals surface area contributed by atoms with Crippen LogP contribution in [-0.2, 0) is 4.74 Å². The number of hydrogen-bond donors (Lipinski definition) is 2. The number of aliphatic hydroxyl groups excluding tert-OH is 2. The van der Waals surface area contributed by atoms with Gasteiger partial charge in [0, 0.05) is 25.8 Å². The number of aliphatic hydroxyl groups is 2. The smallest absolute Gasteiger partial charge is 0.391 e. The molecule has 0 radical (unpaired) electrons. The lowest BCUT2D eigenvalue weighted by molar-refractivity contribution is -0.187. The van der Waals surface area contributed by atoms with Gasteiger partial charge in [-0.2, -0.15) is 13.2 Å². The molecule has 4 nitrogen and oxygen atoms in total. The number of nitrogens with zero attached hydrogens (tertiary/aromatic N) is 1. The molecule has 4 unspecified atom stereocenters. The molecule has 202 valence electrons. The molecule has 3 fully saturated rings. The maximum Gasteiger partial charge on any atom is 0.391 e. The molecule has 1 saturated heterocycles. The topological polar surface area (TPSA) is 52.9 Å². The van der Waals surface area contributed by atoms with Crippen molar-refractivity contribution in [3.8, 4) is 0 Å². The Morgan fingerprint density at radius 2 is 1.62 bits per heavy atom. The minimum absolute atomic E-state index is 0.0954. The van der Waals surface area contributed by atoms with E-state index in [2.05, 4.69) is 4.90 Å². The molecule has 0 spiro atoms. The Balaban J connectivity index is 0.00000199. The third-order valence-electron chi connectivity index (χ3n) is 8.34. The summed E-state index contributed by atoms with van der Waals surface area (Å²) in [6.45, 7) is 7.52. The van der Waals surface area contributed by atoms with Crippen molar-refractivity contribution in [2.75, 3.05) is 32.9 Å². The molecule has 0 aromatic rings. The van der Waals surface area contributed by atoms with E-state index < -0.39 is 12.1 Å². The third kappa shape index (κ3) is 9.94. The molecular formula is C27H50F3NO3. The maximum atomic E-state index is 13.1. The van der Waals surface area contributed by atoms with Crippen molar-refractivity contribution in [3.63, 3.8) is 0 Å². The van der Waals surface area contributed by atoms with Gasteiger partial charge in [0.1, 0.15) is 0 Å². The molecule has 0 aromatic heterocycles. The maximum absolute atomic E-state index is 13.1. The molecule has 4 atom stereocenters. The Labute approximate surface area is 205 Å². The van der Waals surface area contributed by atoms with E-state index in [9.17, 15) is 23.4 Å². The van der Waals surface area contributed by atoms with Crippen molar-refractivity contribution >= 4 is 0 Å². The summed E-state index contributed by atoms with van der Waals surface area (Å²) in [4.78, 5) is 2.30. The summed E-state index contributed by atoms with van der Waals surface area (Å²) < 4.78 is 45.2. The first-order valence-electron chi connectivity index (χ1n) is 14.0. The highest BCUT2D eigenvalue weighted by Crippen LogP contribution is 2.46. The van der Waals surface area contributed by atoms with Gasteiger partial charge in [-0.3, -0.25) is 4.90 Å². The van der Waals surface area contributed by atoms with Crippen molar-refractivity contribution in [3.05, 3.63) is 0 Å². The van der Waals surface area contributed by atoms with Crippen LogP contribution in [0.1, 0.15) is 97.3 Å². The van der Waals surface area contributed by atoms with Gasteiger partial charge in [0.05, 0.1) is 18.6 Å². The van der Waals surface area contributed by atoms with E-state index in [0.29, 0.717) is 31.1 Å². The summed E-state index contributed by atoms with van der Waals surface area (Å²) in [6, 6.07) is 0.0954. The van der Waals surface area contributed by atoms with Gasteiger partial charge in [0.2, 0.25) is 0 Å². The Kier molecular flexibility index (Phi) is 13.8. The van der Waals surface area contributed by atoms with Crippen molar-refractivity contribution in [1.82, 2.24) is 4.90 Å². The van der Waals surface area contributed by atoms with E-state index in [1.54, 1.807) is 0 Å². The number of likely N-dealkylation sites (tertiary alicyclic amines) is 1. The first-order valence-corrected chi connectivity index (χ1v) is 14.0. The highest BCUT2D eigenvalue weighted by molar-refractivity contribution is 4.85. The van der Waals surface area contributed by atoms with Gasteiger partial charge in [-0.05, 0) is 94.9 Å². The van der Waals surface area contributed by atoms with Crippen LogP contribution < -0.4 is 0 Å². The summed E-state index contributed by atoms with van der Waals surface area (Å²) in [5, 5.41) is 19.2. The molecule has 0 bridgehead atoms. The fraction of sp³-hybridized carbons (Fsp3) is 1.00. The van der Waals surface area contributed by atoms with Gasteiger partial charge in [-0.1, -0.05) is 26.7 Å². The number of unbranched alkanes of at least 4 members (excludes halogenated alkanes) is 2. The first-order chi connectivity index (χ1) is 16.4. The van der Waals surface area contributed by atoms with Gasteiger partial charge in [-0.15, -0.1) is 0 Å². The first kappa shape index (κ1) is 29.9. The zero-order valence-electron chi connectivity index (χ0n) is 21.6. The van der Waals surface area contributed by atoms with Gasteiger partial charge < -0.3 is 14.9 Å². The SMILES string of the molecule is CC.OCC1CC(O)CCN1CCCCCOCC1CCC(C2CCCC(C(F)(F)F)C2)CC1. The number of rotatable bonds is 10. The molecule has 0 amide bonds. The van der Waals surface area contributed by atoms with E-state index in [-0.39, 0.29) is 24.7 Å². The van der Waals surface area contributed by atoms with Crippen LogP contribution >= 0.6 is 0 Å². The third-order valence-corrected chi connectivity index (χ3v) is 8.34. The lowest BCUT2D eigenvalue weighted by atomic mass is 9.68. The van der Waals surface area contributed by atoms with Crippen LogP contribution in [-0.4, -0.2) is 66.3 Å². The van der Waals surface area contributed by atoms with E-state index in [4.69, 9.17) is 4.74 Å². The van der Waals surface area contributed by atoms with Crippen molar-refractivity contribution in [2.45, 2.75) is 116 Å². The molecule has 1 aliphatic heterocycles. The fourth-order valence-electron chi connectivity index (χ4n) is 6.29. The molecule has 1 heterocycles. The summed E-state index contributed by atoms with van der Waals surface area (Å²) in [7, 11) is 0. The molecule has 2 saturated carbocycles. The van der Waals surface area contributed by atoms with Crippen LogP contribution in [0.2, 0.25) is 0 Å². The van der Waals surface area contributed by atoms with Gasteiger partial charge >= 0.3 is 6.18 Å². The minimum Gasteiger partial charge on any atom is -0.395 e. The largest absolute Gasteiger partial charge is 0.395 e. The summed E-state index contributed by atoms with van der Waals surface area (Å²) >= 11 is 0. The Hall–Kier alpha value is -0.370. The highest BCUT2D eigenvalue weighted by atomic mass is 19.4. The number of hydrogen-bond acceptors (Lipinski definition) is 4. The minimum atomic E-state index is -4.01. The lowest BCUT2D eigenvalue weighted by Crippen LogP contribution is -2.46. The van der Waals surface area contributed by atoms with E-state index in [1.807, 2.05) is 13.8 Å². The number of alkyl halides is 3. The quantitative estimate of drug-likeness (QED) is 0.356. The summed E-state index contributed by atoms with van der Waals surface area (Å²) in [6.07, 6.45) is 7.14. The van der Waals surface area contributed by atoms with Crippen molar-refractivity contribution in [1.29, 1.82) is 0 Å². The van der Waals surface area contributed by atoms with Gasteiger partial charge in [0.15, 0.2) is 0 Å². The standard InChI is InChI=1S/C25H44F3NO3.C2H6/c26-25(27,28)22-6-4-5-21(15-22)20-9-7-19(8-10-20)18-32-14-3-1-2-12-29-13-11-24(31)16-23(29)17-30;1-2/h19-24,30-31H,1-18H2;1-2H3. The van der Waals surface area contributed by atoms with Crippen molar-refractivity contribution in [2.24, 2.45) is 23.7 Å². The van der Waals surface area contributed by atoms with Crippen LogP contribution in [0.15, 0.2) is 0 Å². The van der Waals surface area contributed by atoms with Gasteiger partial charge in [-0.25, -0.2) is 0 Å². The highest BCUT2D eigenvalue weighted by Gasteiger charge is 2.43. The predicted molar refractivity (Wildman–Crippen MR) is 131 cm³/mol. The van der Waals surface area contributed by atoms with Crippen LogP contribution in [0, 0.1) is 23.7 Å². The number of piperidine rings is 1. The van der Waals surface area contributed by atoms with Crippen LogP contribution in [0.3, 0.4) is 0 Å². The summed E-state index contributed by atoms with van der Waals surface area (Å²) in [5.41, 5.74) is 0. The summed E-state index contributed by atoms with van der Waals surface area (Å²) in [5.74, 6) is 0.248. The Bertz CT molecular complexity index is 526. The molecule has 3 aliphatic rings. The average molecular weight is 494 g/mol. The second-order valence-electron chi connectivity index (χ2n) is 10.6. The molecule has 2 N–H and O–H groups in total. The molecule has 7 heteroatoms. The van der Waals surface area contributed by atoms with E-state index >= 15 is 0 Å². The lowest BCUT2D eigenvalue weighted by Gasteiger charge is -2.38. The molecule has 0 aromatic carbocycles. The van der Waals surface area contributed by atoms with Crippen LogP contribution in [0.5, 0.6) is 0 Å². The molecule has 3 rings (SSSR count). The number of ether oxygens (including phenoxy) is 1. The second-order valence-corrected chi connectivity index (χ2v) is 10.6. The zero-order valence-corrected chi connectivity index (χ0v) is 21.6. The fourth-order valence-corrected chi connectivity index (χ4v) is 6.29. The molecular weight excluding hydrogens is 443 g/mol.